The Hall–Kier alpha value is -4.26. The minimum Gasteiger partial charge on any atom is -0.407 e. The highest BCUT2D eigenvalue weighted by molar-refractivity contribution is 5.93. The number of esters is 1. The molecular formula is C30H28FN3O3. The van der Waals surface area contributed by atoms with E-state index >= 15 is 0 Å². The van der Waals surface area contributed by atoms with Crippen molar-refractivity contribution in [1.82, 2.24) is 9.78 Å². The molecule has 0 bridgehead atoms. The van der Waals surface area contributed by atoms with Gasteiger partial charge in [0.1, 0.15) is 11.5 Å². The van der Waals surface area contributed by atoms with E-state index in [0.29, 0.717) is 28.2 Å². The minimum atomic E-state index is -0.518. The number of ether oxygens (including phenoxy) is 1. The molecule has 1 aliphatic rings. The number of nitrogens with one attached hydrogen (secondary N) is 1. The van der Waals surface area contributed by atoms with Crippen molar-refractivity contribution in [2.24, 2.45) is 5.92 Å². The van der Waals surface area contributed by atoms with E-state index in [1.54, 1.807) is 30.3 Å². The number of amides is 1. The fraction of sp³-hybridized carbons (Fsp3) is 0.233. The second-order valence-corrected chi connectivity index (χ2v) is 9.40. The van der Waals surface area contributed by atoms with Gasteiger partial charge in [0.25, 0.3) is 0 Å². The summed E-state index contributed by atoms with van der Waals surface area (Å²) in [7, 11) is 0. The van der Waals surface area contributed by atoms with Crippen LogP contribution in [0.4, 0.5) is 10.1 Å². The largest absolute Gasteiger partial charge is 0.407 e. The second kappa shape index (κ2) is 10.4. The third-order valence-corrected chi connectivity index (χ3v) is 6.66. The van der Waals surface area contributed by atoms with Crippen molar-refractivity contribution in [2.75, 3.05) is 5.32 Å². The molecule has 4 aromatic rings. The summed E-state index contributed by atoms with van der Waals surface area (Å²) < 4.78 is 22.2. The molecule has 1 aromatic heterocycles. The number of anilines is 1. The Morgan fingerprint density at radius 3 is 2.30 bits per heavy atom. The Balaban J connectivity index is 1.62. The van der Waals surface area contributed by atoms with Crippen LogP contribution in [0.15, 0.2) is 72.8 Å². The van der Waals surface area contributed by atoms with E-state index in [9.17, 15) is 14.0 Å². The highest BCUT2D eigenvalue weighted by atomic mass is 19.1. The summed E-state index contributed by atoms with van der Waals surface area (Å²) in [5, 5.41) is 7.72. The van der Waals surface area contributed by atoms with Crippen LogP contribution in [0.25, 0.3) is 28.1 Å². The Bertz CT molecular complexity index is 1440. The van der Waals surface area contributed by atoms with Crippen LogP contribution in [0, 0.1) is 18.7 Å². The van der Waals surface area contributed by atoms with Gasteiger partial charge in [-0.1, -0.05) is 54.8 Å². The Morgan fingerprint density at radius 2 is 1.65 bits per heavy atom. The van der Waals surface area contributed by atoms with Crippen molar-refractivity contribution in [1.29, 1.82) is 0 Å². The number of hydrogen-bond acceptors (Lipinski definition) is 4. The van der Waals surface area contributed by atoms with Crippen LogP contribution in [0.3, 0.4) is 0 Å². The van der Waals surface area contributed by atoms with Crippen LogP contribution in [-0.4, -0.2) is 21.7 Å². The lowest BCUT2D eigenvalue weighted by Gasteiger charge is -2.12. The standard InChI is InChI=1S/C30H28FN3O3/c1-19-11-17-24(18-12-19)34-30(37-20(2)35)27(28(33-34)25-9-5-6-10-26(25)31)21-13-15-23(16-14-21)32-29(36)22-7-3-4-8-22/h5-6,9-18,22H,3-4,7-8H2,1-2H3,(H,32,36). The lowest BCUT2D eigenvalue weighted by Crippen LogP contribution is -2.20. The van der Waals surface area contributed by atoms with E-state index in [4.69, 9.17) is 9.84 Å². The van der Waals surface area contributed by atoms with Gasteiger partial charge >= 0.3 is 5.97 Å². The molecule has 1 N–H and O–H groups in total. The number of benzene rings is 3. The van der Waals surface area contributed by atoms with Crippen LogP contribution in [0.5, 0.6) is 5.88 Å². The molecule has 1 amide bonds. The fourth-order valence-corrected chi connectivity index (χ4v) is 4.75. The summed E-state index contributed by atoms with van der Waals surface area (Å²) in [4.78, 5) is 24.7. The number of nitrogens with zero attached hydrogens (tertiary/aromatic N) is 2. The highest BCUT2D eigenvalue weighted by Crippen LogP contribution is 2.42. The molecular weight excluding hydrogens is 469 g/mol. The van der Waals surface area contributed by atoms with E-state index in [1.165, 1.54) is 17.7 Å². The lowest BCUT2D eigenvalue weighted by atomic mass is 10.0. The highest BCUT2D eigenvalue weighted by Gasteiger charge is 2.26. The summed E-state index contributed by atoms with van der Waals surface area (Å²) in [5.41, 5.74) is 4.20. The molecule has 37 heavy (non-hydrogen) atoms. The van der Waals surface area contributed by atoms with Crippen molar-refractivity contribution >= 4 is 17.6 Å². The third kappa shape index (κ3) is 5.16. The van der Waals surface area contributed by atoms with Crippen molar-refractivity contribution in [3.63, 3.8) is 0 Å². The van der Waals surface area contributed by atoms with Crippen molar-refractivity contribution in [3.8, 4) is 34.0 Å². The first-order chi connectivity index (χ1) is 17.9. The third-order valence-electron chi connectivity index (χ3n) is 6.66. The van der Waals surface area contributed by atoms with Crippen LogP contribution in [0.2, 0.25) is 0 Å². The second-order valence-electron chi connectivity index (χ2n) is 9.40. The molecule has 1 heterocycles. The fourth-order valence-electron chi connectivity index (χ4n) is 4.75. The van der Waals surface area contributed by atoms with Crippen LogP contribution in [0.1, 0.15) is 38.2 Å². The predicted octanol–water partition coefficient (Wildman–Crippen LogP) is 6.71. The number of aryl methyl sites for hydroxylation is 1. The van der Waals surface area contributed by atoms with E-state index in [-0.39, 0.29) is 23.3 Å². The molecule has 1 fully saturated rings. The van der Waals surface area contributed by atoms with E-state index in [1.807, 2.05) is 43.3 Å². The van der Waals surface area contributed by atoms with E-state index in [2.05, 4.69) is 5.32 Å². The Labute approximate surface area is 215 Å². The molecule has 6 nitrogen and oxygen atoms in total. The van der Waals surface area contributed by atoms with Gasteiger partial charge in [-0.15, -0.1) is 0 Å². The lowest BCUT2D eigenvalue weighted by molar-refractivity contribution is -0.132. The molecule has 0 saturated heterocycles. The predicted molar refractivity (Wildman–Crippen MR) is 141 cm³/mol. The summed E-state index contributed by atoms with van der Waals surface area (Å²) in [6.07, 6.45) is 4.00. The smallest absolute Gasteiger partial charge is 0.309 e. The van der Waals surface area contributed by atoms with Crippen molar-refractivity contribution in [2.45, 2.75) is 39.5 Å². The molecule has 0 atom stereocenters. The first kappa shape index (κ1) is 24.4. The van der Waals surface area contributed by atoms with Crippen molar-refractivity contribution in [3.05, 3.63) is 84.2 Å². The monoisotopic (exact) mass is 497 g/mol. The van der Waals surface area contributed by atoms with Crippen LogP contribution < -0.4 is 10.1 Å². The topological polar surface area (TPSA) is 73.2 Å². The van der Waals surface area contributed by atoms with Gasteiger partial charge in [0.05, 0.1) is 11.3 Å². The summed E-state index contributed by atoms with van der Waals surface area (Å²) in [6, 6.07) is 21.2. The summed E-state index contributed by atoms with van der Waals surface area (Å²) >= 11 is 0. The van der Waals surface area contributed by atoms with Gasteiger partial charge in [-0.2, -0.15) is 9.78 Å². The van der Waals surface area contributed by atoms with Gasteiger partial charge < -0.3 is 10.1 Å². The first-order valence-corrected chi connectivity index (χ1v) is 12.5. The average Bonchev–Trinajstić information content (AvgIpc) is 3.54. The maximum Gasteiger partial charge on any atom is 0.309 e. The van der Waals surface area contributed by atoms with Gasteiger partial charge in [0.2, 0.25) is 11.8 Å². The molecule has 1 aliphatic carbocycles. The molecule has 0 unspecified atom stereocenters. The van der Waals surface area contributed by atoms with Crippen molar-refractivity contribution < 1.29 is 18.7 Å². The molecule has 0 radical (unpaired) electrons. The molecule has 3 aromatic carbocycles. The summed E-state index contributed by atoms with van der Waals surface area (Å²) in [6.45, 7) is 3.30. The normalized spacial score (nSPS) is 13.5. The van der Waals surface area contributed by atoms with E-state index in [0.717, 1.165) is 31.2 Å². The van der Waals surface area contributed by atoms with Gasteiger partial charge in [0.15, 0.2) is 0 Å². The van der Waals surface area contributed by atoms with Gasteiger partial charge in [0, 0.05) is 24.1 Å². The zero-order valence-corrected chi connectivity index (χ0v) is 20.8. The zero-order valence-electron chi connectivity index (χ0n) is 20.8. The van der Waals surface area contributed by atoms with Gasteiger partial charge in [-0.05, 0) is 61.7 Å². The molecule has 0 aliphatic heterocycles. The Kier molecular flexibility index (Phi) is 6.86. The number of carbonyl (C=O) groups is 2. The molecule has 0 spiro atoms. The first-order valence-electron chi connectivity index (χ1n) is 12.5. The molecule has 7 heteroatoms. The number of carbonyl (C=O) groups excluding carboxylic acids is 2. The number of hydrogen-bond donors (Lipinski definition) is 1. The SMILES string of the molecule is CC(=O)Oc1c(-c2ccc(NC(=O)C3CCCC3)cc2)c(-c2ccccc2F)nn1-c1ccc(C)cc1. The average molecular weight is 498 g/mol. The van der Waals surface area contributed by atoms with Gasteiger partial charge in [-0.3, -0.25) is 9.59 Å². The maximum atomic E-state index is 15.0. The van der Waals surface area contributed by atoms with Gasteiger partial charge in [-0.25, -0.2) is 4.39 Å². The van der Waals surface area contributed by atoms with Crippen LogP contribution >= 0.6 is 0 Å². The number of aromatic nitrogens is 2. The minimum absolute atomic E-state index is 0.0325. The molecule has 5 rings (SSSR count). The Morgan fingerprint density at radius 1 is 0.973 bits per heavy atom. The van der Waals surface area contributed by atoms with E-state index < -0.39 is 11.8 Å². The summed E-state index contributed by atoms with van der Waals surface area (Å²) in [5.74, 6) is -0.680. The zero-order chi connectivity index (χ0) is 25.9. The maximum absolute atomic E-state index is 15.0. The number of rotatable bonds is 6. The molecule has 188 valence electrons. The quantitative estimate of drug-likeness (QED) is 0.301. The van der Waals surface area contributed by atoms with Crippen LogP contribution in [-0.2, 0) is 9.59 Å². The number of halogens is 1. The molecule has 1 saturated carbocycles.